The van der Waals surface area contributed by atoms with Crippen molar-refractivity contribution in [1.29, 1.82) is 0 Å². The number of aryl methyl sites for hydroxylation is 1. The fourth-order valence-electron chi connectivity index (χ4n) is 2.87. The smallest absolute Gasteiger partial charge is 0.407 e. The lowest BCUT2D eigenvalue weighted by Gasteiger charge is -2.19. The van der Waals surface area contributed by atoms with Crippen molar-refractivity contribution in [2.24, 2.45) is 0 Å². The molecule has 7 heteroatoms. The Bertz CT molecular complexity index is 915. The highest BCUT2D eigenvalue weighted by Crippen LogP contribution is 2.14. The second-order valence-corrected chi connectivity index (χ2v) is 8.51. The lowest BCUT2D eigenvalue weighted by molar-refractivity contribution is -0.124. The van der Waals surface area contributed by atoms with Gasteiger partial charge in [-0.25, -0.2) is 9.59 Å². The molecule has 172 valence electrons. The van der Waals surface area contributed by atoms with Gasteiger partial charge in [0, 0.05) is 6.54 Å². The van der Waals surface area contributed by atoms with Crippen LogP contribution in [0.3, 0.4) is 0 Å². The normalized spacial score (nSPS) is 11.9. The number of carbonyl (C=O) groups is 3. The second-order valence-electron chi connectivity index (χ2n) is 8.51. The van der Waals surface area contributed by atoms with E-state index in [0.717, 1.165) is 17.5 Å². The molecule has 0 aliphatic carbocycles. The first-order chi connectivity index (χ1) is 15.1. The van der Waals surface area contributed by atoms with Crippen LogP contribution >= 0.6 is 0 Å². The van der Waals surface area contributed by atoms with Crippen molar-refractivity contribution in [1.82, 2.24) is 10.6 Å². The number of rotatable bonds is 8. The zero-order chi connectivity index (χ0) is 23.7. The third-order valence-corrected chi connectivity index (χ3v) is 4.63. The molecule has 0 heterocycles. The quantitative estimate of drug-likeness (QED) is 0.597. The second kappa shape index (κ2) is 11.3. The van der Waals surface area contributed by atoms with E-state index in [-0.39, 0.29) is 25.1 Å². The molecule has 0 saturated carbocycles. The third kappa shape index (κ3) is 8.41. The van der Waals surface area contributed by atoms with Gasteiger partial charge in [-0.2, -0.15) is 0 Å². The first-order valence-corrected chi connectivity index (χ1v) is 10.7. The summed E-state index contributed by atoms with van der Waals surface area (Å²) in [6.07, 6.45) is 0.445. The van der Waals surface area contributed by atoms with Gasteiger partial charge < -0.3 is 20.1 Å². The number of benzene rings is 2. The van der Waals surface area contributed by atoms with E-state index in [1.165, 1.54) is 5.56 Å². The van der Waals surface area contributed by atoms with E-state index < -0.39 is 17.7 Å². The molecule has 1 atom stereocenters. The van der Waals surface area contributed by atoms with Crippen molar-refractivity contribution in [2.45, 2.75) is 59.2 Å². The van der Waals surface area contributed by atoms with Crippen LogP contribution in [0.15, 0.2) is 48.5 Å². The maximum Gasteiger partial charge on any atom is 0.407 e. The summed E-state index contributed by atoms with van der Waals surface area (Å²) in [6, 6.07) is 14.4. The number of alkyl carbamates (subject to hydrolysis) is 1. The van der Waals surface area contributed by atoms with Crippen molar-refractivity contribution in [3.05, 3.63) is 70.8 Å². The molecular weight excluding hydrogens is 408 g/mol. The van der Waals surface area contributed by atoms with Gasteiger partial charge >= 0.3 is 12.1 Å². The summed E-state index contributed by atoms with van der Waals surface area (Å²) in [4.78, 5) is 36.1. The zero-order valence-electron chi connectivity index (χ0n) is 19.4. The molecule has 0 aliphatic rings. The van der Waals surface area contributed by atoms with E-state index in [1.54, 1.807) is 45.0 Å². The molecule has 2 N–H and O–H groups in total. The molecule has 32 heavy (non-hydrogen) atoms. The minimum atomic E-state index is -0.591. The van der Waals surface area contributed by atoms with Crippen molar-refractivity contribution in [3.63, 3.8) is 0 Å². The van der Waals surface area contributed by atoms with E-state index in [2.05, 4.69) is 17.6 Å². The molecule has 1 unspecified atom stereocenters. The number of amides is 2. The van der Waals surface area contributed by atoms with Crippen LogP contribution < -0.4 is 10.6 Å². The van der Waals surface area contributed by atoms with Gasteiger partial charge in [0.1, 0.15) is 5.60 Å². The highest BCUT2D eigenvalue weighted by atomic mass is 16.6. The van der Waals surface area contributed by atoms with Crippen molar-refractivity contribution in [2.75, 3.05) is 6.61 Å². The van der Waals surface area contributed by atoms with Crippen molar-refractivity contribution >= 4 is 18.0 Å². The van der Waals surface area contributed by atoms with Crippen molar-refractivity contribution < 1.29 is 23.9 Å². The molecule has 0 aliphatic heterocycles. The summed E-state index contributed by atoms with van der Waals surface area (Å²) in [5.41, 5.74) is 2.77. The Balaban J connectivity index is 1.78. The van der Waals surface area contributed by atoms with Gasteiger partial charge in [-0.15, -0.1) is 0 Å². The predicted molar refractivity (Wildman–Crippen MR) is 122 cm³/mol. The molecular formula is C25H32N2O5. The Labute approximate surface area is 189 Å². The van der Waals surface area contributed by atoms with Crippen LogP contribution in [0.2, 0.25) is 0 Å². The van der Waals surface area contributed by atoms with Crippen LogP contribution in [0, 0.1) is 0 Å². The fourth-order valence-corrected chi connectivity index (χ4v) is 2.87. The lowest BCUT2D eigenvalue weighted by atomic mass is 10.1. The molecule has 0 saturated heterocycles. The molecule has 0 aromatic heterocycles. The molecule has 0 spiro atoms. The molecule has 2 rings (SSSR count). The zero-order valence-corrected chi connectivity index (χ0v) is 19.4. The van der Waals surface area contributed by atoms with Crippen LogP contribution in [0.5, 0.6) is 0 Å². The van der Waals surface area contributed by atoms with Gasteiger partial charge in [0.15, 0.2) is 6.61 Å². The number of ether oxygens (including phenoxy) is 2. The standard InChI is InChI=1S/C25H32N2O5/c1-6-18-7-11-20(12-8-18)17(2)27-22(28)16-31-23(29)21-13-9-19(10-14-21)15-26-24(30)32-25(3,4)5/h7-14,17H,6,15-16H2,1-5H3,(H,26,30)(H,27,28). The van der Waals surface area contributed by atoms with E-state index in [4.69, 9.17) is 9.47 Å². The summed E-state index contributed by atoms with van der Waals surface area (Å²) in [7, 11) is 0. The number of esters is 1. The lowest BCUT2D eigenvalue weighted by Crippen LogP contribution is -2.32. The Morgan fingerprint density at radius 1 is 0.938 bits per heavy atom. The molecule has 7 nitrogen and oxygen atoms in total. The van der Waals surface area contributed by atoms with Crippen LogP contribution in [-0.4, -0.2) is 30.2 Å². The van der Waals surface area contributed by atoms with Crippen LogP contribution in [0.4, 0.5) is 4.79 Å². The van der Waals surface area contributed by atoms with E-state index in [1.807, 2.05) is 31.2 Å². The van der Waals surface area contributed by atoms with Gasteiger partial charge in [0.25, 0.3) is 5.91 Å². The van der Waals surface area contributed by atoms with Gasteiger partial charge in [-0.05, 0) is 62.9 Å². The average Bonchev–Trinajstić information content (AvgIpc) is 2.75. The Hall–Kier alpha value is -3.35. The van der Waals surface area contributed by atoms with Crippen LogP contribution in [-0.2, 0) is 27.2 Å². The number of carbonyl (C=O) groups excluding carboxylic acids is 3. The minimum absolute atomic E-state index is 0.191. The van der Waals surface area contributed by atoms with Crippen LogP contribution in [0.1, 0.15) is 67.7 Å². The monoisotopic (exact) mass is 440 g/mol. The molecule has 2 aromatic rings. The topological polar surface area (TPSA) is 93.7 Å². The van der Waals surface area contributed by atoms with Gasteiger partial charge in [-0.1, -0.05) is 43.3 Å². The van der Waals surface area contributed by atoms with E-state index in [0.29, 0.717) is 5.56 Å². The highest BCUT2D eigenvalue weighted by molar-refractivity contribution is 5.91. The van der Waals surface area contributed by atoms with Gasteiger partial charge in [0.05, 0.1) is 11.6 Å². The number of nitrogens with one attached hydrogen (secondary N) is 2. The summed E-state index contributed by atoms with van der Waals surface area (Å²) >= 11 is 0. The minimum Gasteiger partial charge on any atom is -0.452 e. The van der Waals surface area contributed by atoms with Crippen molar-refractivity contribution in [3.8, 4) is 0 Å². The first kappa shape index (κ1) is 24.9. The van der Waals surface area contributed by atoms with Gasteiger partial charge in [0.2, 0.25) is 0 Å². The SMILES string of the molecule is CCc1ccc(C(C)NC(=O)COC(=O)c2ccc(CNC(=O)OC(C)(C)C)cc2)cc1. The first-order valence-electron chi connectivity index (χ1n) is 10.7. The maximum atomic E-state index is 12.2. The number of hydrogen-bond donors (Lipinski definition) is 2. The molecule has 0 fully saturated rings. The third-order valence-electron chi connectivity index (χ3n) is 4.63. The van der Waals surface area contributed by atoms with Gasteiger partial charge in [-0.3, -0.25) is 4.79 Å². The Kier molecular flexibility index (Phi) is 8.81. The summed E-state index contributed by atoms with van der Waals surface area (Å²) < 4.78 is 10.3. The average molecular weight is 441 g/mol. The summed E-state index contributed by atoms with van der Waals surface area (Å²) in [5, 5.41) is 5.48. The van der Waals surface area contributed by atoms with E-state index in [9.17, 15) is 14.4 Å². The molecule has 0 bridgehead atoms. The fraction of sp³-hybridized carbons (Fsp3) is 0.400. The number of hydrogen-bond acceptors (Lipinski definition) is 5. The predicted octanol–water partition coefficient (Wildman–Crippen LogP) is 4.31. The summed E-state index contributed by atoms with van der Waals surface area (Å²) in [6.45, 7) is 9.24. The summed E-state index contributed by atoms with van der Waals surface area (Å²) in [5.74, 6) is -0.963. The maximum absolute atomic E-state index is 12.2. The largest absolute Gasteiger partial charge is 0.452 e. The Morgan fingerprint density at radius 2 is 1.53 bits per heavy atom. The molecule has 2 amide bonds. The molecule has 2 aromatic carbocycles. The van der Waals surface area contributed by atoms with E-state index >= 15 is 0 Å². The highest BCUT2D eigenvalue weighted by Gasteiger charge is 2.16. The molecule has 0 radical (unpaired) electrons. The van der Waals surface area contributed by atoms with Crippen LogP contribution in [0.25, 0.3) is 0 Å². The Morgan fingerprint density at radius 3 is 2.09 bits per heavy atom.